The second-order valence-corrected chi connectivity index (χ2v) is 6.98. The zero-order chi connectivity index (χ0) is 16.8. The lowest BCUT2D eigenvalue weighted by Gasteiger charge is -2.30. The molecule has 8 nitrogen and oxygen atoms in total. The molecule has 6 rings (SSSR count). The van der Waals surface area contributed by atoms with E-state index in [1.54, 1.807) is 12.4 Å². The molecule has 1 aliphatic carbocycles. The third-order valence-corrected chi connectivity index (χ3v) is 5.37. The molecule has 130 valence electrons. The number of anilines is 3. The lowest BCUT2D eigenvalue weighted by atomic mass is 9.86. The highest BCUT2D eigenvalue weighted by Crippen LogP contribution is 2.42. The van der Waals surface area contributed by atoms with Crippen molar-refractivity contribution in [2.75, 3.05) is 48.4 Å². The van der Waals surface area contributed by atoms with Crippen LogP contribution in [0.5, 0.6) is 0 Å². The van der Waals surface area contributed by atoms with Gasteiger partial charge in [-0.05, 0) is 18.8 Å². The Bertz CT molecular complexity index is 769. The van der Waals surface area contributed by atoms with Crippen molar-refractivity contribution >= 4 is 17.7 Å². The van der Waals surface area contributed by atoms with E-state index in [2.05, 4.69) is 19.8 Å². The molecule has 4 fully saturated rings. The second kappa shape index (κ2) is 5.80. The summed E-state index contributed by atoms with van der Waals surface area (Å²) in [5.41, 5.74) is 7.32. The monoisotopic (exact) mass is 339 g/mol. The average Bonchev–Trinajstić information content (AvgIpc) is 3.24. The highest BCUT2D eigenvalue weighted by Gasteiger charge is 2.44. The maximum atomic E-state index is 5.62. The lowest BCUT2D eigenvalue weighted by Crippen LogP contribution is -2.37. The van der Waals surface area contributed by atoms with E-state index >= 15 is 0 Å². The average molecular weight is 339 g/mol. The Labute approximate surface area is 146 Å². The van der Waals surface area contributed by atoms with E-state index in [0.717, 1.165) is 61.8 Å². The van der Waals surface area contributed by atoms with Gasteiger partial charge < -0.3 is 20.3 Å². The first-order chi connectivity index (χ1) is 12.3. The van der Waals surface area contributed by atoms with Crippen LogP contribution in [0.15, 0.2) is 18.5 Å². The molecular weight excluding hydrogens is 318 g/mol. The van der Waals surface area contributed by atoms with Crippen LogP contribution in [0.3, 0.4) is 0 Å². The van der Waals surface area contributed by atoms with Crippen molar-refractivity contribution in [3.05, 3.63) is 18.5 Å². The number of rotatable bonds is 3. The van der Waals surface area contributed by atoms with E-state index in [1.807, 2.05) is 6.07 Å². The number of fused-ring (bicyclic) bond motifs is 1. The summed E-state index contributed by atoms with van der Waals surface area (Å²) in [6.07, 6.45) is 5.99. The van der Waals surface area contributed by atoms with E-state index in [1.165, 1.54) is 12.8 Å². The summed E-state index contributed by atoms with van der Waals surface area (Å²) in [5, 5.41) is 0. The molecule has 2 aromatic heterocycles. The molecule has 1 saturated carbocycles. The Hall–Kier alpha value is -2.48. The summed E-state index contributed by atoms with van der Waals surface area (Å²) in [4.78, 5) is 22.5. The van der Waals surface area contributed by atoms with Crippen LogP contribution in [0.25, 0.3) is 11.3 Å². The minimum absolute atomic E-state index is 0.270. The smallest absolute Gasteiger partial charge is 0.228 e. The SMILES string of the molecule is Nc1ncc(-c2cc(N3CCOCC3)nc(N3CC4CC3C4)n2)cn1. The number of aromatic nitrogens is 4. The summed E-state index contributed by atoms with van der Waals surface area (Å²) < 4.78 is 5.47. The van der Waals surface area contributed by atoms with E-state index in [9.17, 15) is 0 Å². The fourth-order valence-corrected chi connectivity index (χ4v) is 3.90. The highest BCUT2D eigenvalue weighted by molar-refractivity contribution is 5.64. The van der Waals surface area contributed by atoms with E-state index < -0.39 is 0 Å². The largest absolute Gasteiger partial charge is 0.378 e. The van der Waals surface area contributed by atoms with Gasteiger partial charge in [-0.25, -0.2) is 15.0 Å². The quantitative estimate of drug-likeness (QED) is 0.883. The molecule has 0 radical (unpaired) electrons. The van der Waals surface area contributed by atoms with Gasteiger partial charge in [0.15, 0.2) is 0 Å². The van der Waals surface area contributed by atoms with Crippen molar-refractivity contribution in [3.63, 3.8) is 0 Å². The van der Waals surface area contributed by atoms with Crippen molar-refractivity contribution < 1.29 is 4.74 Å². The summed E-state index contributed by atoms with van der Waals surface area (Å²) in [7, 11) is 0. The van der Waals surface area contributed by atoms with Gasteiger partial charge in [0.2, 0.25) is 11.9 Å². The molecule has 0 atom stereocenters. The molecule has 2 N–H and O–H groups in total. The van der Waals surface area contributed by atoms with Crippen molar-refractivity contribution in [1.82, 2.24) is 19.9 Å². The molecule has 0 spiro atoms. The van der Waals surface area contributed by atoms with E-state index in [0.29, 0.717) is 6.04 Å². The Morgan fingerprint density at radius 3 is 2.52 bits per heavy atom. The molecule has 2 aromatic rings. The summed E-state index contributed by atoms with van der Waals surface area (Å²) >= 11 is 0. The van der Waals surface area contributed by atoms with Gasteiger partial charge in [-0.15, -0.1) is 0 Å². The van der Waals surface area contributed by atoms with E-state index in [4.69, 9.17) is 20.4 Å². The first-order valence-electron chi connectivity index (χ1n) is 8.82. The fraction of sp³-hybridized carbons (Fsp3) is 0.529. The fourth-order valence-electron chi connectivity index (χ4n) is 3.90. The standard InChI is InChI=1S/C17H21N7O/c18-16-19-8-12(9-20-16)14-7-15(23-1-3-25-4-2-23)22-17(21-14)24-10-11-5-13(24)6-11/h7-9,11,13H,1-6,10H2,(H2,18,19,20). The lowest BCUT2D eigenvalue weighted by molar-refractivity contribution is 0.122. The summed E-state index contributed by atoms with van der Waals surface area (Å²) in [5.74, 6) is 2.85. The molecule has 0 unspecified atom stereocenters. The van der Waals surface area contributed by atoms with Crippen LogP contribution >= 0.6 is 0 Å². The second-order valence-electron chi connectivity index (χ2n) is 6.98. The Kier molecular flexibility index (Phi) is 3.44. The molecular formula is C17H21N7O. The maximum absolute atomic E-state index is 5.62. The van der Waals surface area contributed by atoms with E-state index in [-0.39, 0.29) is 5.95 Å². The van der Waals surface area contributed by atoms with Crippen LogP contribution in [0.4, 0.5) is 17.7 Å². The van der Waals surface area contributed by atoms with Gasteiger partial charge in [-0.1, -0.05) is 0 Å². The molecule has 2 bridgehead atoms. The predicted octanol–water partition coefficient (Wildman–Crippen LogP) is 0.951. The first-order valence-corrected chi connectivity index (χ1v) is 8.82. The van der Waals surface area contributed by atoms with Gasteiger partial charge in [0, 0.05) is 49.7 Å². The van der Waals surface area contributed by atoms with Gasteiger partial charge in [0.05, 0.1) is 18.9 Å². The van der Waals surface area contributed by atoms with Gasteiger partial charge in [-0.2, -0.15) is 4.98 Å². The number of nitrogen functional groups attached to an aromatic ring is 1. The van der Waals surface area contributed by atoms with Gasteiger partial charge >= 0.3 is 0 Å². The molecule has 3 aliphatic heterocycles. The van der Waals surface area contributed by atoms with Crippen LogP contribution < -0.4 is 15.5 Å². The number of hydrogen-bond donors (Lipinski definition) is 1. The van der Waals surface area contributed by atoms with Gasteiger partial charge in [0.1, 0.15) is 5.82 Å². The number of morpholine rings is 1. The normalized spacial score (nSPS) is 25.1. The molecule has 0 amide bonds. The van der Waals surface area contributed by atoms with Crippen LogP contribution in [0, 0.1) is 5.92 Å². The molecule has 0 aromatic carbocycles. The summed E-state index contributed by atoms with van der Waals surface area (Å²) in [6, 6.07) is 2.62. The van der Waals surface area contributed by atoms with Gasteiger partial charge in [-0.3, -0.25) is 0 Å². The number of nitrogens with zero attached hydrogens (tertiary/aromatic N) is 6. The zero-order valence-corrected chi connectivity index (χ0v) is 14.0. The zero-order valence-electron chi connectivity index (χ0n) is 14.0. The number of ether oxygens (including phenoxy) is 1. The highest BCUT2D eigenvalue weighted by atomic mass is 16.5. The van der Waals surface area contributed by atoms with Crippen molar-refractivity contribution in [3.8, 4) is 11.3 Å². The molecule has 8 heteroatoms. The molecule has 25 heavy (non-hydrogen) atoms. The van der Waals surface area contributed by atoms with Crippen LogP contribution in [0.1, 0.15) is 12.8 Å². The Balaban J connectivity index is 1.55. The van der Waals surface area contributed by atoms with Crippen molar-refractivity contribution in [1.29, 1.82) is 0 Å². The first kappa shape index (κ1) is 14.8. The van der Waals surface area contributed by atoms with Crippen LogP contribution in [-0.4, -0.2) is 58.8 Å². The van der Waals surface area contributed by atoms with Crippen LogP contribution in [0.2, 0.25) is 0 Å². The Morgan fingerprint density at radius 1 is 1.08 bits per heavy atom. The minimum Gasteiger partial charge on any atom is -0.378 e. The van der Waals surface area contributed by atoms with Crippen molar-refractivity contribution in [2.45, 2.75) is 18.9 Å². The number of hydrogen-bond acceptors (Lipinski definition) is 8. The van der Waals surface area contributed by atoms with Gasteiger partial charge in [0.25, 0.3) is 0 Å². The number of nitrogens with two attached hydrogens (primary N) is 1. The molecule has 5 heterocycles. The third-order valence-electron chi connectivity index (χ3n) is 5.37. The topological polar surface area (TPSA) is 93.3 Å². The third kappa shape index (κ3) is 2.66. The Morgan fingerprint density at radius 2 is 1.84 bits per heavy atom. The van der Waals surface area contributed by atoms with Crippen molar-refractivity contribution in [2.24, 2.45) is 5.92 Å². The van der Waals surface area contributed by atoms with Crippen LogP contribution in [-0.2, 0) is 4.74 Å². The minimum atomic E-state index is 0.270. The maximum Gasteiger partial charge on any atom is 0.228 e. The molecule has 4 aliphatic rings. The molecule has 3 saturated heterocycles. The predicted molar refractivity (Wildman–Crippen MR) is 94.4 cm³/mol. The summed E-state index contributed by atoms with van der Waals surface area (Å²) in [6.45, 7) is 4.22.